The summed E-state index contributed by atoms with van der Waals surface area (Å²) < 4.78 is 5.40. The Hall–Kier alpha value is -1.19. The van der Waals surface area contributed by atoms with Crippen LogP contribution in [0.2, 0.25) is 0 Å². The number of carbonyl (C=O) groups excluding carboxylic acids is 1. The van der Waals surface area contributed by atoms with Crippen molar-refractivity contribution >= 4 is 5.78 Å². The van der Waals surface area contributed by atoms with Crippen molar-refractivity contribution in [1.29, 1.82) is 0 Å². The fourth-order valence-corrected chi connectivity index (χ4v) is 3.54. The topological polar surface area (TPSA) is 56.0 Å². The van der Waals surface area contributed by atoms with Crippen LogP contribution in [0.25, 0.3) is 0 Å². The highest BCUT2D eigenvalue weighted by Gasteiger charge is 2.26. The van der Waals surface area contributed by atoms with Gasteiger partial charge in [0, 0.05) is 24.7 Å². The molecule has 1 aromatic heterocycles. The fourth-order valence-electron chi connectivity index (χ4n) is 3.54. The van der Waals surface area contributed by atoms with Crippen molar-refractivity contribution in [2.24, 2.45) is 5.92 Å². The molecule has 0 aliphatic heterocycles. The zero-order valence-electron chi connectivity index (χ0n) is 12.1. The molecule has 0 bridgehead atoms. The first kappa shape index (κ1) is 13.8. The molecule has 1 aromatic rings. The van der Waals surface area contributed by atoms with E-state index in [2.05, 4.69) is 10.1 Å². The maximum Gasteiger partial charge on any atom is 0.227 e. The summed E-state index contributed by atoms with van der Waals surface area (Å²) in [4.78, 5) is 16.4. The molecule has 2 aliphatic carbocycles. The molecule has 4 nitrogen and oxygen atoms in total. The molecule has 0 saturated heterocycles. The number of carbonyl (C=O) groups is 1. The molecular weight excluding hydrogens is 252 g/mol. The number of rotatable bonds is 3. The van der Waals surface area contributed by atoms with E-state index in [1.807, 2.05) is 0 Å². The van der Waals surface area contributed by atoms with Crippen LogP contribution in [0.1, 0.15) is 81.8 Å². The molecule has 1 heterocycles. The first-order valence-electron chi connectivity index (χ1n) is 8.18. The Morgan fingerprint density at radius 1 is 1.00 bits per heavy atom. The van der Waals surface area contributed by atoms with Gasteiger partial charge in [0.15, 0.2) is 5.82 Å². The number of ketones is 1. The Morgan fingerprint density at radius 2 is 1.75 bits per heavy atom. The summed E-state index contributed by atoms with van der Waals surface area (Å²) in [5, 5.41) is 4.17. The molecule has 20 heavy (non-hydrogen) atoms. The largest absolute Gasteiger partial charge is 0.339 e. The fraction of sp³-hybridized carbons (Fsp3) is 0.812. The zero-order valence-corrected chi connectivity index (χ0v) is 12.1. The third-order valence-electron chi connectivity index (χ3n) is 4.81. The summed E-state index contributed by atoms with van der Waals surface area (Å²) in [7, 11) is 0. The minimum absolute atomic E-state index is 0.117. The van der Waals surface area contributed by atoms with E-state index in [0.29, 0.717) is 24.0 Å². The maximum absolute atomic E-state index is 11.9. The lowest BCUT2D eigenvalue weighted by Gasteiger charge is -2.18. The van der Waals surface area contributed by atoms with E-state index in [-0.39, 0.29) is 5.92 Å². The highest BCUT2D eigenvalue weighted by atomic mass is 16.5. The Morgan fingerprint density at radius 3 is 2.50 bits per heavy atom. The molecular formula is C16H24N2O2. The summed E-state index contributed by atoms with van der Waals surface area (Å²) in [6.45, 7) is 0. The average molecular weight is 276 g/mol. The lowest BCUT2D eigenvalue weighted by atomic mass is 9.86. The molecule has 0 N–H and O–H groups in total. The van der Waals surface area contributed by atoms with Gasteiger partial charge >= 0.3 is 0 Å². The highest BCUT2D eigenvalue weighted by molar-refractivity contribution is 5.81. The van der Waals surface area contributed by atoms with Gasteiger partial charge in [0.1, 0.15) is 5.78 Å². The zero-order chi connectivity index (χ0) is 13.8. The number of nitrogens with zero attached hydrogens (tertiary/aromatic N) is 2. The van der Waals surface area contributed by atoms with E-state index in [9.17, 15) is 4.79 Å². The van der Waals surface area contributed by atoms with Crippen molar-refractivity contribution in [2.75, 3.05) is 0 Å². The molecule has 0 aromatic carbocycles. The quantitative estimate of drug-likeness (QED) is 0.788. The number of aromatic nitrogens is 2. The van der Waals surface area contributed by atoms with Gasteiger partial charge in [0.2, 0.25) is 5.89 Å². The smallest absolute Gasteiger partial charge is 0.227 e. The second-order valence-corrected chi connectivity index (χ2v) is 6.35. The average Bonchev–Trinajstić information content (AvgIpc) is 2.74. The predicted octanol–water partition coefficient (Wildman–Crippen LogP) is 3.81. The molecule has 4 heteroatoms. The SMILES string of the molecule is O=C1CCCCC1Cc1nc(C2CCCCCC2)no1. The Kier molecular flexibility index (Phi) is 4.48. The lowest BCUT2D eigenvalue weighted by molar-refractivity contribution is -0.124. The highest BCUT2D eigenvalue weighted by Crippen LogP contribution is 2.30. The van der Waals surface area contributed by atoms with E-state index in [1.54, 1.807) is 0 Å². The van der Waals surface area contributed by atoms with E-state index >= 15 is 0 Å². The monoisotopic (exact) mass is 276 g/mol. The van der Waals surface area contributed by atoms with Gasteiger partial charge < -0.3 is 4.52 Å². The number of hydrogen-bond acceptors (Lipinski definition) is 4. The van der Waals surface area contributed by atoms with E-state index in [4.69, 9.17) is 4.52 Å². The van der Waals surface area contributed by atoms with E-state index in [0.717, 1.165) is 31.5 Å². The van der Waals surface area contributed by atoms with Crippen LogP contribution in [-0.4, -0.2) is 15.9 Å². The summed E-state index contributed by atoms with van der Waals surface area (Å²) in [6, 6.07) is 0. The normalized spacial score (nSPS) is 25.6. The summed E-state index contributed by atoms with van der Waals surface area (Å²) in [5.41, 5.74) is 0. The number of Topliss-reactive ketones (excluding diaryl/α,β-unsaturated/α-hetero) is 1. The van der Waals surface area contributed by atoms with Crippen LogP contribution in [0.4, 0.5) is 0 Å². The molecule has 2 fully saturated rings. The van der Waals surface area contributed by atoms with Gasteiger partial charge in [-0.1, -0.05) is 37.3 Å². The molecule has 1 atom stereocenters. The van der Waals surface area contributed by atoms with Crippen LogP contribution in [0.15, 0.2) is 4.52 Å². The number of hydrogen-bond donors (Lipinski definition) is 0. The van der Waals surface area contributed by atoms with Crippen molar-refractivity contribution in [2.45, 2.75) is 76.5 Å². The van der Waals surface area contributed by atoms with Crippen molar-refractivity contribution in [3.05, 3.63) is 11.7 Å². The summed E-state index contributed by atoms with van der Waals surface area (Å²) in [5.74, 6) is 2.52. The van der Waals surface area contributed by atoms with Crippen LogP contribution in [0.3, 0.4) is 0 Å². The predicted molar refractivity (Wildman–Crippen MR) is 75.4 cm³/mol. The van der Waals surface area contributed by atoms with Gasteiger partial charge in [-0.2, -0.15) is 4.98 Å². The standard InChI is InChI=1S/C16H24N2O2/c19-14-10-6-5-9-13(14)11-15-17-16(18-20-15)12-7-3-1-2-4-8-12/h12-13H,1-11H2. The Balaban J connectivity index is 1.62. The molecule has 0 radical (unpaired) electrons. The van der Waals surface area contributed by atoms with Crippen molar-refractivity contribution in [1.82, 2.24) is 10.1 Å². The Bertz CT molecular complexity index is 447. The van der Waals surface area contributed by atoms with Gasteiger partial charge in [0.25, 0.3) is 0 Å². The third kappa shape index (κ3) is 3.28. The van der Waals surface area contributed by atoms with Crippen LogP contribution in [-0.2, 0) is 11.2 Å². The van der Waals surface area contributed by atoms with Gasteiger partial charge in [-0.05, 0) is 25.7 Å². The minimum atomic E-state index is 0.117. The van der Waals surface area contributed by atoms with Crippen molar-refractivity contribution in [3.8, 4) is 0 Å². The van der Waals surface area contributed by atoms with Crippen molar-refractivity contribution < 1.29 is 9.32 Å². The van der Waals surface area contributed by atoms with Crippen LogP contribution in [0.5, 0.6) is 0 Å². The molecule has 1 unspecified atom stereocenters. The van der Waals surface area contributed by atoms with Crippen LogP contribution in [0, 0.1) is 5.92 Å². The lowest BCUT2D eigenvalue weighted by Crippen LogP contribution is -2.21. The maximum atomic E-state index is 11.9. The Labute approximate surface area is 120 Å². The van der Waals surface area contributed by atoms with E-state index in [1.165, 1.54) is 38.5 Å². The molecule has 2 saturated carbocycles. The summed E-state index contributed by atoms with van der Waals surface area (Å²) in [6.07, 6.45) is 12.1. The first-order valence-corrected chi connectivity index (χ1v) is 8.18. The third-order valence-corrected chi connectivity index (χ3v) is 4.81. The van der Waals surface area contributed by atoms with Gasteiger partial charge in [0.05, 0.1) is 0 Å². The minimum Gasteiger partial charge on any atom is -0.339 e. The van der Waals surface area contributed by atoms with Crippen LogP contribution < -0.4 is 0 Å². The van der Waals surface area contributed by atoms with E-state index < -0.39 is 0 Å². The molecule has 2 aliphatic rings. The molecule has 0 spiro atoms. The molecule has 0 amide bonds. The second-order valence-electron chi connectivity index (χ2n) is 6.35. The van der Waals surface area contributed by atoms with Crippen molar-refractivity contribution in [3.63, 3.8) is 0 Å². The van der Waals surface area contributed by atoms with Gasteiger partial charge in [-0.15, -0.1) is 0 Å². The van der Waals surface area contributed by atoms with Gasteiger partial charge in [-0.25, -0.2) is 0 Å². The second kappa shape index (κ2) is 6.51. The molecule has 110 valence electrons. The van der Waals surface area contributed by atoms with Crippen LogP contribution >= 0.6 is 0 Å². The summed E-state index contributed by atoms with van der Waals surface area (Å²) >= 11 is 0. The first-order chi connectivity index (χ1) is 9.83. The van der Waals surface area contributed by atoms with Gasteiger partial charge in [-0.3, -0.25) is 4.79 Å². The molecule has 3 rings (SSSR count).